The van der Waals surface area contributed by atoms with Gasteiger partial charge in [0.2, 0.25) is 0 Å². The third-order valence-electron chi connectivity index (χ3n) is 4.87. The first kappa shape index (κ1) is 15.5. The van der Waals surface area contributed by atoms with Gasteiger partial charge < -0.3 is 14.7 Å². The molecular weight excluding hydrogens is 320 g/mol. The van der Waals surface area contributed by atoms with Crippen molar-refractivity contribution in [3.05, 3.63) is 53.1 Å². The highest BCUT2D eigenvalue weighted by Crippen LogP contribution is 2.36. The van der Waals surface area contributed by atoms with Crippen LogP contribution in [0.3, 0.4) is 0 Å². The van der Waals surface area contributed by atoms with Crippen molar-refractivity contribution >= 4 is 34.5 Å². The number of nitrogens with one attached hydrogen (secondary N) is 1. The number of nitrogens with zero attached hydrogens (tertiary/aromatic N) is 3. The molecular formula is C19H22ClN4+. The summed E-state index contributed by atoms with van der Waals surface area (Å²) in [6.45, 7) is 4.26. The molecule has 0 aromatic heterocycles. The second kappa shape index (κ2) is 5.80. The van der Waals surface area contributed by atoms with E-state index in [0.29, 0.717) is 5.02 Å². The van der Waals surface area contributed by atoms with E-state index in [4.69, 9.17) is 16.6 Å². The van der Waals surface area contributed by atoms with Gasteiger partial charge in [-0.25, -0.2) is 4.99 Å². The number of fused-ring (bicyclic) bond motifs is 2. The standard InChI is InChI=1S/C19H22ClN4/c1-24(2)11-9-23(10-12-24)19-15-5-3-4-6-16(15)21-17-8-7-14(20)13-18(17)22-19/h3-8,13,21H,9-12H2,1-2H3/q+1. The fraction of sp³-hybridized carbons (Fsp3) is 0.316. The second-order valence-corrected chi connectivity index (χ2v) is 7.57. The summed E-state index contributed by atoms with van der Waals surface area (Å²) in [7, 11) is 4.58. The van der Waals surface area contributed by atoms with Crippen molar-refractivity contribution in [1.29, 1.82) is 0 Å². The molecule has 124 valence electrons. The van der Waals surface area contributed by atoms with E-state index in [1.807, 2.05) is 18.2 Å². The minimum absolute atomic E-state index is 0.709. The van der Waals surface area contributed by atoms with Gasteiger partial charge in [-0.2, -0.15) is 0 Å². The van der Waals surface area contributed by atoms with Crippen molar-refractivity contribution in [2.24, 2.45) is 4.99 Å². The SMILES string of the molecule is C[N+]1(C)CCN(C2=Nc3cc(Cl)ccc3Nc3ccccc32)CC1. The van der Waals surface area contributed by atoms with Gasteiger partial charge in [0, 0.05) is 16.3 Å². The Balaban J connectivity index is 1.80. The molecule has 2 aromatic carbocycles. The number of rotatable bonds is 0. The number of hydrogen-bond acceptors (Lipinski definition) is 3. The van der Waals surface area contributed by atoms with Crippen molar-refractivity contribution in [2.45, 2.75) is 0 Å². The van der Waals surface area contributed by atoms with Crippen LogP contribution in [-0.4, -0.2) is 55.5 Å². The van der Waals surface area contributed by atoms with Crippen LogP contribution in [0.1, 0.15) is 5.56 Å². The molecule has 1 saturated heterocycles. The maximum atomic E-state index is 6.20. The molecule has 4 rings (SSSR count). The second-order valence-electron chi connectivity index (χ2n) is 7.14. The summed E-state index contributed by atoms with van der Waals surface area (Å²) < 4.78 is 1.06. The van der Waals surface area contributed by atoms with Crippen LogP contribution in [0.15, 0.2) is 47.5 Å². The van der Waals surface area contributed by atoms with E-state index in [-0.39, 0.29) is 0 Å². The number of para-hydroxylation sites is 1. The Hall–Kier alpha value is -2.04. The lowest BCUT2D eigenvalue weighted by molar-refractivity contribution is -0.894. The van der Waals surface area contributed by atoms with E-state index in [1.165, 1.54) is 0 Å². The molecule has 24 heavy (non-hydrogen) atoms. The molecule has 0 bridgehead atoms. The van der Waals surface area contributed by atoms with E-state index >= 15 is 0 Å². The summed E-state index contributed by atoms with van der Waals surface area (Å²) in [5, 5.41) is 4.22. The number of halogens is 1. The highest BCUT2D eigenvalue weighted by Gasteiger charge is 2.29. The Morgan fingerprint density at radius 2 is 1.79 bits per heavy atom. The first-order valence-electron chi connectivity index (χ1n) is 8.33. The van der Waals surface area contributed by atoms with Crippen LogP contribution in [0.2, 0.25) is 5.02 Å². The van der Waals surface area contributed by atoms with Crippen molar-refractivity contribution < 1.29 is 4.48 Å². The van der Waals surface area contributed by atoms with E-state index in [9.17, 15) is 0 Å². The van der Waals surface area contributed by atoms with E-state index in [0.717, 1.165) is 59.1 Å². The highest BCUT2D eigenvalue weighted by molar-refractivity contribution is 6.31. The number of hydrogen-bond donors (Lipinski definition) is 1. The van der Waals surface area contributed by atoms with Crippen LogP contribution in [0, 0.1) is 0 Å². The molecule has 0 unspecified atom stereocenters. The Labute approximate surface area is 148 Å². The van der Waals surface area contributed by atoms with Crippen molar-refractivity contribution in [3.8, 4) is 0 Å². The number of anilines is 2. The van der Waals surface area contributed by atoms with Crippen molar-refractivity contribution in [1.82, 2.24) is 4.90 Å². The van der Waals surface area contributed by atoms with Crippen LogP contribution in [0.25, 0.3) is 0 Å². The van der Waals surface area contributed by atoms with Gasteiger partial charge in [-0.1, -0.05) is 23.7 Å². The van der Waals surface area contributed by atoms with Gasteiger partial charge in [0.25, 0.3) is 0 Å². The van der Waals surface area contributed by atoms with Gasteiger partial charge in [-0.05, 0) is 30.3 Å². The van der Waals surface area contributed by atoms with Crippen molar-refractivity contribution in [2.75, 3.05) is 45.6 Å². The molecule has 0 saturated carbocycles. The zero-order valence-corrected chi connectivity index (χ0v) is 14.8. The number of likely N-dealkylation sites (N-methyl/N-ethyl adjacent to an activating group) is 1. The quantitative estimate of drug-likeness (QED) is 0.737. The topological polar surface area (TPSA) is 27.6 Å². The lowest BCUT2D eigenvalue weighted by atomic mass is 10.1. The summed E-state index contributed by atoms with van der Waals surface area (Å²) in [6.07, 6.45) is 0. The third-order valence-corrected chi connectivity index (χ3v) is 5.11. The summed E-state index contributed by atoms with van der Waals surface area (Å²) >= 11 is 6.20. The molecule has 4 nitrogen and oxygen atoms in total. The predicted molar refractivity (Wildman–Crippen MR) is 101 cm³/mol. The molecule has 1 fully saturated rings. The molecule has 0 aliphatic carbocycles. The average molecular weight is 342 g/mol. The zero-order valence-electron chi connectivity index (χ0n) is 14.1. The minimum Gasteiger partial charge on any atom is -0.353 e. The summed E-state index contributed by atoms with van der Waals surface area (Å²) in [5.74, 6) is 1.04. The van der Waals surface area contributed by atoms with Gasteiger partial charge in [0.1, 0.15) is 5.84 Å². The normalized spacial score (nSPS) is 18.8. The molecule has 2 aliphatic heterocycles. The van der Waals surface area contributed by atoms with Crippen molar-refractivity contribution in [3.63, 3.8) is 0 Å². The number of benzene rings is 2. The Morgan fingerprint density at radius 1 is 1.04 bits per heavy atom. The number of piperazine rings is 1. The van der Waals surface area contributed by atoms with Gasteiger partial charge in [0.15, 0.2) is 0 Å². The maximum Gasteiger partial charge on any atom is 0.139 e. The summed E-state index contributed by atoms with van der Waals surface area (Å²) in [5.41, 5.74) is 4.14. The minimum atomic E-state index is 0.709. The average Bonchev–Trinajstić information content (AvgIpc) is 2.71. The van der Waals surface area contributed by atoms with Gasteiger partial charge in [-0.15, -0.1) is 0 Å². The fourth-order valence-electron chi connectivity index (χ4n) is 3.27. The predicted octanol–water partition coefficient (Wildman–Crippen LogP) is 3.87. The smallest absolute Gasteiger partial charge is 0.139 e. The zero-order chi connectivity index (χ0) is 16.7. The van der Waals surface area contributed by atoms with E-state index in [2.05, 4.69) is 48.6 Å². The van der Waals surface area contributed by atoms with E-state index < -0.39 is 0 Å². The Kier molecular flexibility index (Phi) is 3.74. The Morgan fingerprint density at radius 3 is 2.58 bits per heavy atom. The van der Waals surface area contributed by atoms with Crippen LogP contribution in [0.5, 0.6) is 0 Å². The lowest BCUT2D eigenvalue weighted by Crippen LogP contribution is -2.56. The summed E-state index contributed by atoms with van der Waals surface area (Å²) in [6, 6.07) is 14.2. The highest BCUT2D eigenvalue weighted by atomic mass is 35.5. The van der Waals surface area contributed by atoms with E-state index in [1.54, 1.807) is 0 Å². The van der Waals surface area contributed by atoms with Gasteiger partial charge in [0.05, 0.1) is 51.6 Å². The Bertz CT molecular complexity index is 803. The van der Waals surface area contributed by atoms with Gasteiger partial charge >= 0.3 is 0 Å². The molecule has 0 spiro atoms. The summed E-state index contributed by atoms with van der Waals surface area (Å²) in [4.78, 5) is 7.40. The number of quaternary nitrogens is 1. The third kappa shape index (κ3) is 2.87. The molecule has 5 heteroatoms. The van der Waals surface area contributed by atoms with Crippen LogP contribution >= 0.6 is 11.6 Å². The molecule has 2 heterocycles. The fourth-order valence-corrected chi connectivity index (χ4v) is 3.44. The molecule has 2 aliphatic rings. The lowest BCUT2D eigenvalue weighted by Gasteiger charge is -2.40. The largest absolute Gasteiger partial charge is 0.353 e. The van der Waals surface area contributed by atoms with Crippen LogP contribution in [-0.2, 0) is 0 Å². The van der Waals surface area contributed by atoms with Crippen LogP contribution < -0.4 is 5.32 Å². The number of amidine groups is 1. The number of aliphatic imine (C=N–C) groups is 1. The monoisotopic (exact) mass is 341 g/mol. The molecule has 2 aromatic rings. The molecule has 0 radical (unpaired) electrons. The molecule has 0 atom stereocenters. The first-order valence-corrected chi connectivity index (χ1v) is 8.71. The molecule has 0 amide bonds. The first-order chi connectivity index (χ1) is 11.5. The van der Waals surface area contributed by atoms with Crippen LogP contribution in [0.4, 0.5) is 17.1 Å². The van der Waals surface area contributed by atoms with Gasteiger partial charge in [-0.3, -0.25) is 0 Å². The maximum absolute atomic E-state index is 6.20. The molecule has 1 N–H and O–H groups in total.